The second-order valence-electron chi connectivity index (χ2n) is 8.00. The number of rotatable bonds is 2. The third-order valence-corrected chi connectivity index (χ3v) is 6.33. The van der Waals surface area contributed by atoms with Gasteiger partial charge in [-0.05, 0) is 48.6 Å². The molecule has 3 aromatic rings. The fourth-order valence-corrected chi connectivity index (χ4v) is 5.02. The first kappa shape index (κ1) is 18.1. The van der Waals surface area contributed by atoms with E-state index < -0.39 is 0 Å². The normalized spacial score (nSPS) is 16.6. The first-order chi connectivity index (χ1) is 14.2. The Morgan fingerprint density at radius 2 is 1.97 bits per heavy atom. The molecule has 5 rings (SSSR count). The van der Waals surface area contributed by atoms with Gasteiger partial charge in [0.2, 0.25) is 0 Å². The second kappa shape index (κ2) is 7.14. The number of hydrogen-bond donors (Lipinski definition) is 1. The molecule has 0 spiro atoms. The Kier molecular flexibility index (Phi) is 4.46. The van der Waals surface area contributed by atoms with Crippen molar-refractivity contribution < 1.29 is 19.4 Å². The van der Waals surface area contributed by atoms with Gasteiger partial charge in [0.25, 0.3) is 0 Å². The van der Waals surface area contributed by atoms with Crippen molar-refractivity contribution in [2.45, 2.75) is 44.6 Å². The maximum Gasteiger partial charge on any atom is 0.337 e. The summed E-state index contributed by atoms with van der Waals surface area (Å²) in [5.41, 5.74) is 5.14. The van der Waals surface area contributed by atoms with Crippen molar-refractivity contribution in [1.82, 2.24) is 4.57 Å². The molecule has 0 radical (unpaired) electrons. The number of aromatic hydroxyl groups is 1. The molecule has 29 heavy (non-hydrogen) atoms. The zero-order valence-electron chi connectivity index (χ0n) is 16.6. The van der Waals surface area contributed by atoms with Crippen molar-refractivity contribution in [2.75, 3.05) is 13.7 Å². The highest BCUT2D eigenvalue weighted by molar-refractivity contribution is 5.99. The number of ether oxygens (including phenoxy) is 2. The summed E-state index contributed by atoms with van der Waals surface area (Å²) in [6.07, 6.45) is 6.15. The van der Waals surface area contributed by atoms with Crippen molar-refractivity contribution >= 4 is 16.9 Å². The minimum absolute atomic E-state index is 0.209. The average Bonchev–Trinajstić information content (AvgIpc) is 2.95. The van der Waals surface area contributed by atoms with E-state index in [1.54, 1.807) is 12.1 Å². The van der Waals surface area contributed by atoms with Gasteiger partial charge < -0.3 is 19.1 Å². The summed E-state index contributed by atoms with van der Waals surface area (Å²) in [7, 11) is 1.41. The third kappa shape index (κ3) is 2.96. The topological polar surface area (TPSA) is 60.7 Å². The molecule has 2 aromatic carbocycles. The Morgan fingerprint density at radius 1 is 1.14 bits per heavy atom. The van der Waals surface area contributed by atoms with Gasteiger partial charge in [-0.3, -0.25) is 0 Å². The Labute approximate surface area is 169 Å². The predicted octanol–water partition coefficient (Wildman–Crippen LogP) is 5.24. The summed E-state index contributed by atoms with van der Waals surface area (Å²) < 4.78 is 13.2. The van der Waals surface area contributed by atoms with Crippen LogP contribution in [0.4, 0.5) is 0 Å². The van der Waals surface area contributed by atoms with E-state index in [0.717, 1.165) is 16.8 Å². The highest BCUT2D eigenvalue weighted by Gasteiger charge is 2.29. The van der Waals surface area contributed by atoms with Crippen LogP contribution in [-0.2, 0) is 11.3 Å². The largest absolute Gasteiger partial charge is 0.508 e. The molecule has 1 saturated carbocycles. The Morgan fingerprint density at radius 3 is 2.76 bits per heavy atom. The zero-order chi connectivity index (χ0) is 20.0. The SMILES string of the molecule is COC(=O)c1ccc2c(C3CCCCC3)c3n(c2c1)CCOc1cc(O)ccc1-3. The van der Waals surface area contributed by atoms with E-state index in [9.17, 15) is 9.90 Å². The fraction of sp³-hybridized carbons (Fsp3) is 0.375. The average molecular weight is 391 g/mol. The van der Waals surface area contributed by atoms with Gasteiger partial charge in [-0.15, -0.1) is 0 Å². The number of carbonyl (C=O) groups is 1. The van der Waals surface area contributed by atoms with E-state index >= 15 is 0 Å². The van der Waals surface area contributed by atoms with Crippen LogP contribution < -0.4 is 4.74 Å². The number of methoxy groups -OCH3 is 1. The molecule has 150 valence electrons. The van der Waals surface area contributed by atoms with Crippen LogP contribution >= 0.6 is 0 Å². The van der Waals surface area contributed by atoms with E-state index in [2.05, 4.69) is 10.6 Å². The van der Waals surface area contributed by atoms with Gasteiger partial charge in [-0.2, -0.15) is 0 Å². The van der Waals surface area contributed by atoms with Gasteiger partial charge >= 0.3 is 5.97 Å². The van der Waals surface area contributed by atoms with Gasteiger partial charge in [0, 0.05) is 22.5 Å². The number of esters is 1. The molecule has 1 aliphatic heterocycles. The van der Waals surface area contributed by atoms with Gasteiger partial charge in [-0.1, -0.05) is 25.3 Å². The van der Waals surface area contributed by atoms with Gasteiger partial charge in [0.05, 0.1) is 24.9 Å². The summed E-state index contributed by atoms with van der Waals surface area (Å²) in [5.74, 6) is 1.10. The summed E-state index contributed by atoms with van der Waals surface area (Å²) in [5, 5.41) is 11.2. The second-order valence-corrected chi connectivity index (χ2v) is 8.00. The van der Waals surface area contributed by atoms with Gasteiger partial charge in [-0.25, -0.2) is 4.79 Å². The monoisotopic (exact) mass is 391 g/mol. The summed E-state index contributed by atoms with van der Waals surface area (Å²) in [6, 6.07) is 11.3. The maximum atomic E-state index is 12.2. The fourth-order valence-electron chi connectivity index (χ4n) is 5.02. The number of benzene rings is 2. The number of fused-ring (bicyclic) bond motifs is 5. The molecule has 1 aliphatic carbocycles. The Balaban J connectivity index is 1.81. The lowest BCUT2D eigenvalue weighted by molar-refractivity contribution is 0.0601. The van der Waals surface area contributed by atoms with Crippen LogP contribution in [0.1, 0.15) is 53.9 Å². The number of phenols is 1. The molecule has 0 saturated heterocycles. The minimum atomic E-state index is -0.322. The molecule has 5 heteroatoms. The van der Waals surface area contributed by atoms with Crippen LogP contribution in [0.15, 0.2) is 36.4 Å². The lowest BCUT2D eigenvalue weighted by Crippen LogP contribution is -2.07. The van der Waals surface area contributed by atoms with Crippen molar-refractivity contribution in [2.24, 2.45) is 0 Å². The third-order valence-electron chi connectivity index (χ3n) is 6.33. The van der Waals surface area contributed by atoms with Crippen LogP contribution in [0.25, 0.3) is 22.2 Å². The van der Waals surface area contributed by atoms with E-state index in [-0.39, 0.29) is 11.7 Å². The van der Waals surface area contributed by atoms with Crippen molar-refractivity contribution in [3.8, 4) is 22.8 Å². The lowest BCUT2D eigenvalue weighted by atomic mass is 9.81. The standard InChI is InChI=1S/C24H25NO4/c1-28-24(27)16-7-9-18-20(13-16)25-11-12-29-21-14-17(26)8-10-19(21)23(25)22(18)15-5-3-2-4-6-15/h7-10,13-15,26H,2-6,11-12H2,1H3. The van der Waals surface area contributed by atoms with Crippen molar-refractivity contribution in [1.29, 1.82) is 0 Å². The van der Waals surface area contributed by atoms with E-state index in [1.807, 2.05) is 18.2 Å². The first-order valence-corrected chi connectivity index (χ1v) is 10.4. The maximum absolute atomic E-state index is 12.2. The number of hydrogen-bond acceptors (Lipinski definition) is 4. The molecule has 2 heterocycles. The lowest BCUT2D eigenvalue weighted by Gasteiger charge is -2.23. The molecule has 0 bridgehead atoms. The van der Waals surface area contributed by atoms with Crippen LogP contribution in [0, 0.1) is 0 Å². The molecule has 1 fully saturated rings. The molecule has 2 aliphatic rings. The molecule has 0 unspecified atom stereocenters. The Hall–Kier alpha value is -2.95. The molecule has 1 N–H and O–H groups in total. The molecule has 5 nitrogen and oxygen atoms in total. The number of phenolic OH excluding ortho intramolecular Hbond substituents is 1. The highest BCUT2D eigenvalue weighted by atomic mass is 16.5. The molecule has 0 amide bonds. The van der Waals surface area contributed by atoms with Crippen LogP contribution in [0.3, 0.4) is 0 Å². The van der Waals surface area contributed by atoms with Crippen LogP contribution in [-0.4, -0.2) is 29.4 Å². The highest BCUT2D eigenvalue weighted by Crippen LogP contribution is 2.47. The van der Waals surface area contributed by atoms with Crippen LogP contribution in [0.5, 0.6) is 11.5 Å². The first-order valence-electron chi connectivity index (χ1n) is 10.4. The smallest absolute Gasteiger partial charge is 0.337 e. The van der Waals surface area contributed by atoms with E-state index in [4.69, 9.17) is 9.47 Å². The van der Waals surface area contributed by atoms with E-state index in [1.165, 1.54) is 55.9 Å². The number of nitrogens with zero attached hydrogens (tertiary/aromatic N) is 1. The van der Waals surface area contributed by atoms with Gasteiger partial charge in [0.1, 0.15) is 18.1 Å². The van der Waals surface area contributed by atoms with Crippen molar-refractivity contribution in [3.05, 3.63) is 47.5 Å². The van der Waals surface area contributed by atoms with Crippen molar-refractivity contribution in [3.63, 3.8) is 0 Å². The summed E-state index contributed by atoms with van der Waals surface area (Å²) in [4.78, 5) is 12.2. The summed E-state index contributed by atoms with van der Waals surface area (Å²) in [6.45, 7) is 1.21. The van der Waals surface area contributed by atoms with Crippen LogP contribution in [0.2, 0.25) is 0 Å². The molecule has 1 aromatic heterocycles. The van der Waals surface area contributed by atoms with Gasteiger partial charge in [0.15, 0.2) is 0 Å². The molecular formula is C24H25NO4. The van der Waals surface area contributed by atoms with E-state index in [0.29, 0.717) is 24.6 Å². The number of aromatic nitrogens is 1. The molecule has 0 atom stereocenters. The number of carbonyl (C=O) groups excluding carboxylic acids is 1. The quantitative estimate of drug-likeness (QED) is 0.607. The predicted molar refractivity (Wildman–Crippen MR) is 112 cm³/mol. The molecular weight excluding hydrogens is 366 g/mol. The minimum Gasteiger partial charge on any atom is -0.508 e. The summed E-state index contributed by atoms with van der Waals surface area (Å²) >= 11 is 0. The zero-order valence-corrected chi connectivity index (χ0v) is 16.6. The Bertz CT molecular complexity index is 1090.